The first-order chi connectivity index (χ1) is 29.4. The summed E-state index contributed by atoms with van der Waals surface area (Å²) in [7, 11) is 0. The largest absolute Gasteiger partial charge is 0.490 e. The lowest BCUT2D eigenvalue weighted by molar-refractivity contribution is -0.192. The number of alkyl halides is 3. The van der Waals surface area contributed by atoms with Gasteiger partial charge in [0.15, 0.2) is 29.3 Å². The zero-order chi connectivity index (χ0) is 43.1. The van der Waals surface area contributed by atoms with Crippen LogP contribution in [0.5, 0.6) is 0 Å². The Morgan fingerprint density at radius 1 is 0.951 bits per heavy atom. The van der Waals surface area contributed by atoms with E-state index in [0.29, 0.717) is 62.1 Å². The second kappa shape index (κ2) is 18.6. The second-order valence-electron chi connectivity index (χ2n) is 14.1. The molecule has 2 saturated heterocycles. The fourth-order valence-corrected chi connectivity index (χ4v) is 6.93. The van der Waals surface area contributed by atoms with Gasteiger partial charge in [-0.3, -0.25) is 9.55 Å². The third-order valence-electron chi connectivity index (χ3n) is 10.0. The molecule has 0 bridgehead atoms. The lowest BCUT2D eigenvalue weighted by Crippen LogP contribution is -2.43. The number of pyridine rings is 1. The number of aliphatic hydroxyl groups excluding tert-OH is 2. The number of halogens is 3. The molecule has 0 spiro atoms. The number of anilines is 2. The number of imidazole rings is 1. The number of carboxylic acids is 1. The molecular formula is C39H42F3N13O6. The summed E-state index contributed by atoms with van der Waals surface area (Å²) < 4.78 is 39.5. The number of benzene rings is 2. The molecule has 4 aromatic heterocycles. The van der Waals surface area contributed by atoms with Gasteiger partial charge in [-0.05, 0) is 41.8 Å². The number of carbonyl (C=O) groups is 2. The molecule has 0 radical (unpaired) electrons. The molecule has 6 N–H and O–H groups in total. The van der Waals surface area contributed by atoms with Crippen molar-refractivity contribution in [2.24, 2.45) is 0 Å². The molecule has 0 saturated carbocycles. The van der Waals surface area contributed by atoms with Crippen LogP contribution in [-0.4, -0.2) is 116 Å². The molecule has 61 heavy (non-hydrogen) atoms. The number of fused-ring (bicyclic) bond motifs is 1. The van der Waals surface area contributed by atoms with E-state index in [1.54, 1.807) is 10.8 Å². The number of ether oxygens (including phenoxy) is 1. The lowest BCUT2D eigenvalue weighted by Gasteiger charge is -2.22. The SMILES string of the molecule is CCn1nnc([C@H]2O[C@@H](n3cnc4c(NCC(c5ccccc5)c5ccccc5)nc(N5CC[C@@H](NC(=O)NCc6ccccn6)C5)nc43)[C@H](O)[C@@H]2O)n1.O=C(O)C(F)(F)F. The van der Waals surface area contributed by atoms with Gasteiger partial charge in [-0.1, -0.05) is 66.7 Å². The molecule has 19 nitrogen and oxygen atoms in total. The van der Waals surface area contributed by atoms with Crippen molar-refractivity contribution in [2.75, 3.05) is 29.9 Å². The Kier molecular flexibility index (Phi) is 12.9. The number of urea groups is 1. The van der Waals surface area contributed by atoms with Crippen molar-refractivity contribution in [1.82, 2.24) is 55.3 Å². The Morgan fingerprint density at radius 3 is 2.26 bits per heavy atom. The number of nitrogens with zero attached hydrogens (tertiary/aromatic N) is 10. The molecule has 6 aromatic rings. The molecule has 320 valence electrons. The Bertz CT molecular complexity index is 2350. The van der Waals surface area contributed by atoms with Crippen LogP contribution in [0.15, 0.2) is 91.4 Å². The Labute approximate surface area is 345 Å². The Morgan fingerprint density at radius 2 is 1.64 bits per heavy atom. The number of carboxylic acid groups (broad SMARTS) is 1. The first-order valence-corrected chi connectivity index (χ1v) is 19.3. The summed E-state index contributed by atoms with van der Waals surface area (Å²) in [4.78, 5) is 44.0. The summed E-state index contributed by atoms with van der Waals surface area (Å²) in [5.41, 5.74) is 3.89. The average molecular weight is 846 g/mol. The van der Waals surface area contributed by atoms with Crippen LogP contribution in [0.4, 0.5) is 29.7 Å². The highest BCUT2D eigenvalue weighted by Gasteiger charge is 2.47. The number of aliphatic hydroxyl groups is 2. The van der Waals surface area contributed by atoms with Gasteiger partial charge in [0.05, 0.1) is 25.1 Å². The summed E-state index contributed by atoms with van der Waals surface area (Å²) in [5, 5.41) is 51.3. The van der Waals surface area contributed by atoms with Crippen LogP contribution in [0.3, 0.4) is 0 Å². The van der Waals surface area contributed by atoms with Crippen molar-refractivity contribution in [3.63, 3.8) is 0 Å². The maximum atomic E-state index is 12.8. The molecule has 6 heterocycles. The third kappa shape index (κ3) is 9.99. The fraction of sp³-hybridized carbons (Fsp3) is 0.359. The summed E-state index contributed by atoms with van der Waals surface area (Å²) in [6.07, 6.45) is -5.94. The zero-order valence-electron chi connectivity index (χ0n) is 32.5. The summed E-state index contributed by atoms with van der Waals surface area (Å²) in [6.45, 7) is 4.22. The topological polar surface area (TPSA) is 243 Å². The van der Waals surface area contributed by atoms with Gasteiger partial charge in [-0.2, -0.15) is 27.9 Å². The minimum atomic E-state index is -5.08. The molecule has 0 unspecified atom stereocenters. The molecule has 0 aliphatic carbocycles. The van der Waals surface area contributed by atoms with E-state index in [2.05, 4.69) is 60.6 Å². The molecule has 2 amide bonds. The van der Waals surface area contributed by atoms with Gasteiger partial charge in [0.25, 0.3) is 0 Å². The molecule has 2 fully saturated rings. The smallest absolute Gasteiger partial charge is 0.475 e. The predicted molar refractivity (Wildman–Crippen MR) is 211 cm³/mol. The number of tetrazole rings is 1. The highest BCUT2D eigenvalue weighted by Crippen LogP contribution is 2.39. The van der Waals surface area contributed by atoms with Crippen molar-refractivity contribution in [1.29, 1.82) is 0 Å². The molecule has 2 aliphatic heterocycles. The van der Waals surface area contributed by atoms with E-state index in [0.717, 1.165) is 16.8 Å². The molecule has 2 aromatic carbocycles. The quantitative estimate of drug-likeness (QED) is 0.104. The van der Waals surface area contributed by atoms with E-state index < -0.39 is 36.7 Å². The molecule has 5 atom stereocenters. The van der Waals surface area contributed by atoms with Crippen molar-refractivity contribution >= 4 is 34.9 Å². The number of hydrogen-bond donors (Lipinski definition) is 6. The number of amides is 2. The van der Waals surface area contributed by atoms with E-state index in [9.17, 15) is 28.2 Å². The van der Waals surface area contributed by atoms with Crippen LogP contribution in [0.25, 0.3) is 11.2 Å². The van der Waals surface area contributed by atoms with Crippen LogP contribution in [-0.2, 0) is 22.6 Å². The number of rotatable bonds is 12. The number of carbonyl (C=O) groups excluding carboxylic acids is 1. The first kappa shape index (κ1) is 42.3. The van der Waals surface area contributed by atoms with Crippen molar-refractivity contribution in [3.05, 3.63) is 114 Å². The van der Waals surface area contributed by atoms with Crippen molar-refractivity contribution < 1.29 is 42.8 Å². The minimum Gasteiger partial charge on any atom is -0.475 e. The summed E-state index contributed by atoms with van der Waals surface area (Å²) in [5.74, 6) is -1.69. The van der Waals surface area contributed by atoms with E-state index in [1.807, 2.05) is 66.4 Å². The van der Waals surface area contributed by atoms with Crippen LogP contribution in [0, 0.1) is 0 Å². The van der Waals surface area contributed by atoms with Gasteiger partial charge in [-0.15, -0.1) is 10.2 Å². The number of aliphatic carboxylic acids is 1. The van der Waals surface area contributed by atoms with Gasteiger partial charge < -0.3 is 40.9 Å². The van der Waals surface area contributed by atoms with E-state index in [1.165, 1.54) is 11.1 Å². The van der Waals surface area contributed by atoms with Gasteiger partial charge in [-0.25, -0.2) is 14.6 Å². The Hall–Kier alpha value is -6.78. The van der Waals surface area contributed by atoms with E-state index in [-0.39, 0.29) is 23.8 Å². The second-order valence-corrected chi connectivity index (χ2v) is 14.1. The van der Waals surface area contributed by atoms with Crippen LogP contribution in [0.2, 0.25) is 0 Å². The van der Waals surface area contributed by atoms with E-state index in [4.69, 9.17) is 29.6 Å². The number of nitrogens with one attached hydrogen (secondary N) is 3. The number of aryl methyl sites for hydroxylation is 1. The predicted octanol–water partition coefficient (Wildman–Crippen LogP) is 3.18. The molecule has 8 rings (SSSR count). The van der Waals surface area contributed by atoms with Gasteiger partial charge in [0.2, 0.25) is 11.8 Å². The van der Waals surface area contributed by atoms with Crippen molar-refractivity contribution in [3.8, 4) is 0 Å². The maximum absolute atomic E-state index is 12.8. The van der Waals surface area contributed by atoms with E-state index >= 15 is 0 Å². The summed E-state index contributed by atoms with van der Waals surface area (Å²) >= 11 is 0. The van der Waals surface area contributed by atoms with Crippen molar-refractivity contribution in [2.45, 2.75) is 69.1 Å². The van der Waals surface area contributed by atoms with Gasteiger partial charge in [0, 0.05) is 37.8 Å². The molecule has 22 heteroatoms. The minimum absolute atomic E-state index is 0.00662. The van der Waals surface area contributed by atoms with Crippen LogP contribution >= 0.6 is 0 Å². The van der Waals surface area contributed by atoms with Crippen LogP contribution in [0.1, 0.15) is 54.2 Å². The molecule has 2 aliphatic rings. The van der Waals surface area contributed by atoms with Crippen LogP contribution < -0.4 is 20.9 Å². The van der Waals surface area contributed by atoms with Gasteiger partial charge >= 0.3 is 18.2 Å². The molecular weight excluding hydrogens is 804 g/mol. The zero-order valence-corrected chi connectivity index (χ0v) is 32.5. The normalized spacial score (nSPS) is 20.0. The third-order valence-corrected chi connectivity index (χ3v) is 10.0. The highest BCUT2D eigenvalue weighted by atomic mass is 19.4. The fourth-order valence-electron chi connectivity index (χ4n) is 6.93. The number of hydrogen-bond acceptors (Lipinski definition) is 14. The standard InChI is InChI=1S/C37H41N13O4.C2HF3O2/c1-2-50-46-33(45-47-50)31-29(51)30(52)35(54-31)49-22-41-28-32(39-20-27(23-11-5-3-6-12-23)24-13-7-4-8-14-24)43-36(44-34(28)49)48-18-16-26(21-48)42-37(53)40-19-25-15-9-10-17-38-25;3-2(4,5)1(6)7/h3-15,17,22,26-27,29-31,35,51-52H,2,16,18-21H2,1H3,(H,39,43,44)(H2,40,42,53);(H,6,7)/t26-,29+,30-,31+,35-;/m1./s1. The maximum Gasteiger partial charge on any atom is 0.490 e. The van der Waals surface area contributed by atoms with Gasteiger partial charge in [0.1, 0.15) is 12.2 Å². The average Bonchev–Trinajstić information content (AvgIpc) is 4.09. The first-order valence-electron chi connectivity index (χ1n) is 19.3. The lowest BCUT2D eigenvalue weighted by atomic mass is 9.91. The Balaban J connectivity index is 0.000000739. The highest BCUT2D eigenvalue weighted by molar-refractivity contribution is 5.84. The summed E-state index contributed by atoms with van der Waals surface area (Å²) in [6, 6.07) is 25.6. The number of aromatic nitrogens is 9. The monoisotopic (exact) mass is 845 g/mol.